The van der Waals surface area contributed by atoms with Crippen molar-refractivity contribution in [3.05, 3.63) is 47.5 Å². The second-order valence-electron chi connectivity index (χ2n) is 6.14. The first-order chi connectivity index (χ1) is 12.8. The second-order valence-corrected chi connectivity index (χ2v) is 6.14. The molecule has 0 bridgehead atoms. The van der Waals surface area contributed by atoms with Crippen LogP contribution < -0.4 is 0 Å². The van der Waals surface area contributed by atoms with Crippen molar-refractivity contribution >= 4 is 11.9 Å². The largest absolute Gasteiger partial charge is 0.462 e. The monoisotopic (exact) mass is 384 g/mol. The van der Waals surface area contributed by atoms with E-state index in [-0.39, 0.29) is 37.2 Å². The summed E-state index contributed by atoms with van der Waals surface area (Å²) in [5.41, 5.74) is 0.220. The predicted molar refractivity (Wildman–Crippen MR) is 90.4 cm³/mol. The Kier molecular flexibility index (Phi) is 7.44. The number of carbonyl (C=O) groups is 2. The third kappa shape index (κ3) is 6.11. The van der Waals surface area contributed by atoms with Crippen molar-refractivity contribution in [3.8, 4) is 0 Å². The van der Waals surface area contributed by atoms with Crippen molar-refractivity contribution < 1.29 is 37.3 Å². The van der Waals surface area contributed by atoms with Gasteiger partial charge in [-0.1, -0.05) is 6.08 Å². The number of hydrogen-bond donors (Lipinski definition) is 0. The minimum atomic E-state index is -1.00. The highest BCUT2D eigenvalue weighted by molar-refractivity contribution is 5.66. The molecule has 6 nitrogen and oxygen atoms in total. The molecule has 0 amide bonds. The van der Waals surface area contributed by atoms with E-state index in [0.29, 0.717) is 0 Å². The predicted octanol–water partition coefficient (Wildman–Crippen LogP) is 3.34. The lowest BCUT2D eigenvalue weighted by Crippen LogP contribution is -2.36. The van der Waals surface area contributed by atoms with E-state index in [4.69, 9.17) is 18.9 Å². The fourth-order valence-corrected chi connectivity index (χ4v) is 2.86. The lowest BCUT2D eigenvalue weighted by Gasteiger charge is -2.34. The van der Waals surface area contributed by atoms with E-state index in [1.165, 1.54) is 26.0 Å². The van der Waals surface area contributed by atoms with Crippen LogP contribution in [-0.4, -0.2) is 30.9 Å². The zero-order chi connectivity index (χ0) is 20.0. The molecule has 2 rings (SSSR count). The Hall–Kier alpha value is -2.32. The molecular formula is C19H22F2O6. The summed E-state index contributed by atoms with van der Waals surface area (Å²) in [4.78, 5) is 22.5. The molecule has 27 heavy (non-hydrogen) atoms. The van der Waals surface area contributed by atoms with Crippen molar-refractivity contribution in [2.24, 2.45) is 0 Å². The lowest BCUT2D eigenvalue weighted by atomic mass is 9.96. The van der Waals surface area contributed by atoms with E-state index >= 15 is 0 Å². The molecule has 0 radical (unpaired) electrons. The van der Waals surface area contributed by atoms with Crippen molar-refractivity contribution in [2.45, 2.75) is 51.8 Å². The van der Waals surface area contributed by atoms with Crippen LogP contribution in [0.5, 0.6) is 0 Å². The van der Waals surface area contributed by atoms with E-state index in [1.807, 2.05) is 0 Å². The normalized spacial score (nSPS) is 22.1. The third-order valence-corrected chi connectivity index (χ3v) is 3.88. The van der Waals surface area contributed by atoms with Gasteiger partial charge in [-0.3, -0.25) is 9.59 Å². The third-order valence-electron chi connectivity index (χ3n) is 3.88. The van der Waals surface area contributed by atoms with Gasteiger partial charge in [-0.15, -0.1) is 6.58 Å². The molecule has 8 heteroatoms. The Morgan fingerprint density at radius 2 is 1.89 bits per heavy atom. The molecule has 3 atom stereocenters. The topological polar surface area (TPSA) is 71.1 Å². The summed E-state index contributed by atoms with van der Waals surface area (Å²) < 4.78 is 49.5. The smallest absolute Gasteiger partial charge is 0.304 e. The Morgan fingerprint density at radius 1 is 1.19 bits per heavy atom. The molecule has 1 heterocycles. The minimum Gasteiger partial charge on any atom is -0.462 e. The average Bonchev–Trinajstić information content (AvgIpc) is 2.55. The van der Waals surface area contributed by atoms with Gasteiger partial charge in [0.25, 0.3) is 0 Å². The summed E-state index contributed by atoms with van der Waals surface area (Å²) in [5.74, 6) is -2.65. The zero-order valence-corrected chi connectivity index (χ0v) is 15.2. The second kappa shape index (κ2) is 9.57. The quantitative estimate of drug-likeness (QED) is 0.408. The maximum Gasteiger partial charge on any atom is 0.304 e. The summed E-state index contributed by atoms with van der Waals surface area (Å²) in [6.45, 7) is 6.11. The molecule has 1 unspecified atom stereocenters. The summed E-state index contributed by atoms with van der Waals surface area (Å²) in [6.07, 6.45) is -0.724. The van der Waals surface area contributed by atoms with Crippen LogP contribution in [0.3, 0.4) is 0 Å². The first kappa shape index (κ1) is 21.0. The molecular weight excluding hydrogens is 362 g/mol. The molecule has 0 aromatic heterocycles. The molecule has 148 valence electrons. The Morgan fingerprint density at radius 3 is 2.52 bits per heavy atom. The first-order valence-corrected chi connectivity index (χ1v) is 8.46. The summed E-state index contributed by atoms with van der Waals surface area (Å²) in [7, 11) is 0. The highest BCUT2D eigenvalue weighted by Crippen LogP contribution is 2.35. The van der Waals surface area contributed by atoms with Gasteiger partial charge in [-0.25, -0.2) is 8.78 Å². The Balaban J connectivity index is 2.26. The number of ether oxygens (including phenoxy) is 4. The number of benzene rings is 1. The molecule has 1 aliphatic rings. The van der Waals surface area contributed by atoms with Gasteiger partial charge in [-0.2, -0.15) is 0 Å². The van der Waals surface area contributed by atoms with Crippen LogP contribution in [0, 0.1) is 11.6 Å². The van der Waals surface area contributed by atoms with Crippen LogP contribution in [0.2, 0.25) is 0 Å². The van der Waals surface area contributed by atoms with Gasteiger partial charge in [0.1, 0.15) is 17.7 Å². The number of halogens is 2. The zero-order valence-electron chi connectivity index (χ0n) is 15.2. The van der Waals surface area contributed by atoms with Gasteiger partial charge in [0.15, 0.2) is 0 Å². The van der Waals surface area contributed by atoms with Gasteiger partial charge in [0.2, 0.25) is 6.29 Å². The lowest BCUT2D eigenvalue weighted by molar-refractivity contribution is -0.221. The molecule has 1 saturated heterocycles. The number of hydrogen-bond acceptors (Lipinski definition) is 6. The van der Waals surface area contributed by atoms with E-state index in [1.54, 1.807) is 0 Å². The maximum absolute atomic E-state index is 14.4. The molecule has 0 N–H and O–H groups in total. The van der Waals surface area contributed by atoms with Gasteiger partial charge in [0, 0.05) is 43.9 Å². The Labute approximate surface area is 156 Å². The van der Waals surface area contributed by atoms with Crippen LogP contribution >= 0.6 is 0 Å². The average molecular weight is 384 g/mol. The first-order valence-electron chi connectivity index (χ1n) is 8.46. The summed E-state index contributed by atoms with van der Waals surface area (Å²) >= 11 is 0. The Bertz CT molecular complexity index is 682. The van der Waals surface area contributed by atoms with Gasteiger partial charge < -0.3 is 18.9 Å². The molecule has 1 fully saturated rings. The van der Waals surface area contributed by atoms with Crippen LogP contribution in [0.25, 0.3) is 0 Å². The van der Waals surface area contributed by atoms with Gasteiger partial charge in [-0.05, 0) is 6.07 Å². The standard InChI is InChI=1S/C19H22F2O6/c1-4-5-24-10-13-6-15(17(21)9-16(13)20)18-7-14(25-11(2)22)8-19(27-18)26-12(3)23/h4,6,9,14,18-19H,1,5,7-8,10H2,2-3H3/t14-,18-,19?/m1/s1. The number of rotatable bonds is 7. The van der Waals surface area contributed by atoms with Crippen molar-refractivity contribution in [3.63, 3.8) is 0 Å². The van der Waals surface area contributed by atoms with Crippen molar-refractivity contribution in [1.29, 1.82) is 0 Å². The van der Waals surface area contributed by atoms with Crippen molar-refractivity contribution in [2.75, 3.05) is 6.61 Å². The van der Waals surface area contributed by atoms with E-state index < -0.39 is 42.1 Å². The molecule has 0 spiro atoms. The minimum absolute atomic E-state index is 0.0708. The highest BCUT2D eigenvalue weighted by Gasteiger charge is 2.35. The highest BCUT2D eigenvalue weighted by atomic mass is 19.1. The number of esters is 2. The molecule has 1 aliphatic heterocycles. The van der Waals surface area contributed by atoms with Crippen molar-refractivity contribution in [1.82, 2.24) is 0 Å². The van der Waals surface area contributed by atoms with Crippen LogP contribution in [0.15, 0.2) is 24.8 Å². The summed E-state index contributed by atoms with van der Waals surface area (Å²) in [6, 6.07) is 2.06. The van der Waals surface area contributed by atoms with E-state index in [9.17, 15) is 18.4 Å². The van der Waals surface area contributed by atoms with Crippen LogP contribution in [-0.2, 0) is 35.1 Å². The molecule has 0 saturated carbocycles. The van der Waals surface area contributed by atoms with Crippen LogP contribution in [0.4, 0.5) is 8.78 Å². The van der Waals surface area contributed by atoms with Gasteiger partial charge in [0.05, 0.1) is 19.3 Å². The maximum atomic E-state index is 14.4. The SMILES string of the molecule is C=CCOCc1cc([C@H]2C[C@@H](OC(C)=O)CC(OC(C)=O)O2)c(F)cc1F. The fraction of sp³-hybridized carbons (Fsp3) is 0.474. The van der Waals surface area contributed by atoms with E-state index in [2.05, 4.69) is 6.58 Å². The summed E-state index contributed by atoms with van der Waals surface area (Å²) in [5, 5.41) is 0. The number of carbonyl (C=O) groups excluding carboxylic acids is 2. The van der Waals surface area contributed by atoms with Gasteiger partial charge >= 0.3 is 11.9 Å². The van der Waals surface area contributed by atoms with Crippen LogP contribution in [0.1, 0.15) is 43.9 Å². The molecule has 0 aliphatic carbocycles. The fourth-order valence-electron chi connectivity index (χ4n) is 2.86. The molecule has 1 aromatic carbocycles. The van der Waals surface area contributed by atoms with E-state index in [0.717, 1.165) is 6.07 Å². The molecule has 1 aromatic rings.